The van der Waals surface area contributed by atoms with E-state index in [-0.39, 0.29) is 5.56 Å². The fourth-order valence-electron chi connectivity index (χ4n) is 2.18. The molecular weight excluding hydrogens is 340 g/mol. The second-order valence-corrected chi connectivity index (χ2v) is 6.56. The van der Waals surface area contributed by atoms with Crippen LogP contribution in [0.1, 0.15) is 25.0 Å². The zero-order chi connectivity index (χ0) is 13.9. The van der Waals surface area contributed by atoms with Crippen LogP contribution in [0.25, 0.3) is 0 Å². The lowest BCUT2D eigenvalue weighted by atomic mass is 9.85. The van der Waals surface area contributed by atoms with Crippen LogP contribution in [0, 0.1) is 5.92 Å². The van der Waals surface area contributed by atoms with E-state index in [0.717, 1.165) is 12.2 Å². The molecule has 0 saturated heterocycles. The van der Waals surface area contributed by atoms with Crippen molar-refractivity contribution in [2.24, 2.45) is 5.92 Å². The molecule has 1 saturated carbocycles. The molecule has 0 spiro atoms. The number of rotatable bonds is 5. The van der Waals surface area contributed by atoms with Gasteiger partial charge in [0.1, 0.15) is 5.69 Å². The first-order valence-electron chi connectivity index (χ1n) is 6.60. The average Bonchev–Trinajstić information content (AvgIpc) is 2.89. The van der Waals surface area contributed by atoms with Gasteiger partial charge >= 0.3 is 0 Å². The zero-order valence-corrected chi connectivity index (χ0v) is 13.3. The quantitative estimate of drug-likeness (QED) is 0.896. The summed E-state index contributed by atoms with van der Waals surface area (Å²) >= 11 is 4.93. The van der Waals surface area contributed by atoms with E-state index >= 15 is 0 Å². The van der Waals surface area contributed by atoms with Crippen LogP contribution in [0.5, 0.6) is 0 Å². The van der Waals surface area contributed by atoms with E-state index in [9.17, 15) is 4.79 Å². The van der Waals surface area contributed by atoms with Crippen molar-refractivity contribution in [1.29, 1.82) is 0 Å². The summed E-state index contributed by atoms with van der Waals surface area (Å²) in [6, 6.07) is 0. The highest BCUT2D eigenvalue weighted by atomic mass is 79.9. The summed E-state index contributed by atoms with van der Waals surface area (Å²) in [6.45, 7) is 1.27. The molecule has 0 aliphatic heterocycles. The Morgan fingerprint density at radius 1 is 1.50 bits per heavy atom. The number of thiazole rings is 1. The van der Waals surface area contributed by atoms with Crippen LogP contribution in [0.4, 0.5) is 5.69 Å². The van der Waals surface area contributed by atoms with E-state index in [1.165, 1.54) is 19.3 Å². The van der Waals surface area contributed by atoms with E-state index < -0.39 is 0 Å². The Kier molecular flexibility index (Phi) is 4.16. The molecule has 7 heteroatoms. The van der Waals surface area contributed by atoms with Crippen molar-refractivity contribution in [3.63, 3.8) is 0 Å². The van der Waals surface area contributed by atoms with E-state index in [4.69, 9.17) is 0 Å². The van der Waals surface area contributed by atoms with Crippen molar-refractivity contribution in [1.82, 2.24) is 14.8 Å². The summed E-state index contributed by atoms with van der Waals surface area (Å²) in [5.74, 6) is 0.604. The molecular formula is C13H15BrN4OS. The normalized spacial score (nSPS) is 15.1. The fraction of sp³-hybridized carbons (Fsp3) is 0.462. The first kappa shape index (κ1) is 13.8. The lowest BCUT2D eigenvalue weighted by Crippen LogP contribution is -2.30. The van der Waals surface area contributed by atoms with Gasteiger partial charge in [-0.15, -0.1) is 11.3 Å². The van der Waals surface area contributed by atoms with Crippen LogP contribution in [-0.4, -0.2) is 14.8 Å². The number of anilines is 1. The van der Waals surface area contributed by atoms with Gasteiger partial charge in [-0.05, 0) is 34.7 Å². The van der Waals surface area contributed by atoms with Crippen LogP contribution in [-0.2, 0) is 13.1 Å². The van der Waals surface area contributed by atoms with Crippen LogP contribution in [0.3, 0.4) is 0 Å². The lowest BCUT2D eigenvalue weighted by molar-refractivity contribution is 0.262. The molecule has 5 nitrogen and oxygen atoms in total. The maximum absolute atomic E-state index is 12.4. The van der Waals surface area contributed by atoms with Gasteiger partial charge in [0.15, 0.2) is 0 Å². The summed E-state index contributed by atoms with van der Waals surface area (Å²) in [5.41, 5.74) is 3.21. The summed E-state index contributed by atoms with van der Waals surface area (Å²) in [6.07, 6.45) is 5.35. The number of hydrogen-bond donors (Lipinski definition) is 1. The summed E-state index contributed by atoms with van der Waals surface area (Å²) < 4.78 is 2.26. The molecule has 3 rings (SSSR count). The monoisotopic (exact) mass is 354 g/mol. The molecule has 2 aromatic heterocycles. The zero-order valence-electron chi connectivity index (χ0n) is 10.9. The van der Waals surface area contributed by atoms with E-state index in [1.54, 1.807) is 27.7 Å². The Balaban J connectivity index is 1.77. The fourth-order valence-corrected chi connectivity index (χ4v) is 3.14. The molecule has 1 aliphatic carbocycles. The summed E-state index contributed by atoms with van der Waals surface area (Å²) in [5, 5.41) is 9.33. The molecule has 1 N–H and O–H groups in total. The number of nitrogens with one attached hydrogen (secondary N) is 1. The van der Waals surface area contributed by atoms with Gasteiger partial charge in [0, 0.05) is 11.9 Å². The Hall–Kier alpha value is -1.21. The second kappa shape index (κ2) is 6.05. The van der Waals surface area contributed by atoms with E-state index in [2.05, 4.69) is 31.3 Å². The van der Waals surface area contributed by atoms with Crippen molar-refractivity contribution in [3.8, 4) is 0 Å². The second-order valence-electron chi connectivity index (χ2n) is 4.99. The smallest absolute Gasteiger partial charge is 0.291 e. The highest BCUT2D eigenvalue weighted by Gasteiger charge is 2.20. The molecule has 0 bridgehead atoms. The van der Waals surface area contributed by atoms with E-state index in [0.29, 0.717) is 22.6 Å². The van der Waals surface area contributed by atoms with Crippen molar-refractivity contribution in [3.05, 3.63) is 37.6 Å². The highest BCUT2D eigenvalue weighted by molar-refractivity contribution is 9.10. The molecule has 1 aliphatic rings. The van der Waals surface area contributed by atoms with Crippen LogP contribution >= 0.6 is 27.3 Å². The number of halogens is 1. The minimum absolute atomic E-state index is 0.0681. The third-order valence-electron chi connectivity index (χ3n) is 3.58. The van der Waals surface area contributed by atoms with Gasteiger partial charge in [-0.1, -0.05) is 6.42 Å². The van der Waals surface area contributed by atoms with Crippen molar-refractivity contribution in [2.45, 2.75) is 32.4 Å². The van der Waals surface area contributed by atoms with Gasteiger partial charge in [0.25, 0.3) is 5.56 Å². The molecule has 0 unspecified atom stereocenters. The van der Waals surface area contributed by atoms with Gasteiger partial charge < -0.3 is 5.32 Å². The molecule has 0 aromatic carbocycles. The molecule has 106 valence electrons. The maximum atomic E-state index is 12.4. The largest absolute Gasteiger partial charge is 0.374 e. The topological polar surface area (TPSA) is 59.8 Å². The SMILES string of the molecule is O=c1c(NCc2cscn2)c(Br)cnn1CC1CCC1. The van der Waals surface area contributed by atoms with Gasteiger partial charge in [-0.2, -0.15) is 5.10 Å². The minimum atomic E-state index is -0.0681. The van der Waals surface area contributed by atoms with Gasteiger partial charge in [0.05, 0.1) is 28.4 Å². The summed E-state index contributed by atoms with van der Waals surface area (Å²) in [4.78, 5) is 16.6. The van der Waals surface area contributed by atoms with Gasteiger partial charge in [-0.25, -0.2) is 9.67 Å². The molecule has 0 atom stereocenters. The standard InChI is InChI=1S/C13H15BrN4OS/c14-11-5-17-18(6-9-2-1-3-9)13(19)12(11)15-4-10-7-20-8-16-10/h5,7-9,15H,1-4,6H2. The lowest BCUT2D eigenvalue weighted by Gasteiger charge is -2.25. The Morgan fingerprint density at radius 2 is 2.35 bits per heavy atom. The number of hydrogen-bond acceptors (Lipinski definition) is 5. The molecule has 2 aromatic rings. The third kappa shape index (κ3) is 2.93. The molecule has 0 radical (unpaired) electrons. The Bertz CT molecular complexity index is 636. The first-order chi connectivity index (χ1) is 9.74. The van der Waals surface area contributed by atoms with Crippen LogP contribution < -0.4 is 10.9 Å². The van der Waals surface area contributed by atoms with Crippen molar-refractivity contribution >= 4 is 33.0 Å². The van der Waals surface area contributed by atoms with E-state index in [1.807, 2.05) is 5.38 Å². The van der Waals surface area contributed by atoms with Crippen LogP contribution in [0.15, 0.2) is 26.4 Å². The summed E-state index contributed by atoms with van der Waals surface area (Å²) in [7, 11) is 0. The predicted octanol–water partition coefficient (Wildman–Crippen LogP) is 2.87. The first-order valence-corrected chi connectivity index (χ1v) is 8.34. The molecule has 1 fully saturated rings. The van der Waals surface area contributed by atoms with Gasteiger partial charge in [0.2, 0.25) is 0 Å². The average molecular weight is 355 g/mol. The number of nitrogens with zero attached hydrogens (tertiary/aromatic N) is 3. The van der Waals surface area contributed by atoms with Crippen molar-refractivity contribution < 1.29 is 0 Å². The third-order valence-corrected chi connectivity index (χ3v) is 4.82. The molecule has 2 heterocycles. The molecule has 0 amide bonds. The van der Waals surface area contributed by atoms with Gasteiger partial charge in [-0.3, -0.25) is 4.79 Å². The van der Waals surface area contributed by atoms with Crippen molar-refractivity contribution in [2.75, 3.05) is 5.32 Å². The minimum Gasteiger partial charge on any atom is -0.374 e. The van der Waals surface area contributed by atoms with Crippen LogP contribution in [0.2, 0.25) is 0 Å². The molecule has 20 heavy (non-hydrogen) atoms. The highest BCUT2D eigenvalue weighted by Crippen LogP contribution is 2.27. The predicted molar refractivity (Wildman–Crippen MR) is 83.0 cm³/mol. The number of aromatic nitrogens is 3. The maximum Gasteiger partial charge on any atom is 0.291 e. The Morgan fingerprint density at radius 3 is 3.00 bits per heavy atom. The Labute approximate surface area is 129 Å².